The van der Waals surface area contributed by atoms with Crippen LogP contribution < -0.4 is 20.7 Å². The van der Waals surface area contributed by atoms with E-state index in [1.807, 2.05) is 23.8 Å². The van der Waals surface area contributed by atoms with Gasteiger partial charge >= 0.3 is 6.18 Å². The van der Waals surface area contributed by atoms with Crippen LogP contribution in [0.1, 0.15) is 22.8 Å². The number of aromatic amines is 1. The molecule has 5 rings (SSSR count). The van der Waals surface area contributed by atoms with Crippen LogP contribution in [0.25, 0.3) is 10.4 Å². The maximum Gasteiger partial charge on any atom is 0.417 e. The number of H-pyrrole nitrogens is 1. The molecule has 2 N–H and O–H groups in total. The number of benzene rings is 1. The SMILES string of the molecule is C[C@@H]1CN(c2cc(F)c(-c3cnc(N4CCOCC4)s3)cc2NC(=O)c2c[nH]c(=O)cc2C(F)(F)F)CCN1C. The molecule has 0 unspecified atom stereocenters. The predicted molar refractivity (Wildman–Crippen MR) is 145 cm³/mol. The van der Waals surface area contributed by atoms with Gasteiger partial charge in [-0.2, -0.15) is 13.2 Å². The first-order valence-electron chi connectivity index (χ1n) is 12.7. The van der Waals surface area contributed by atoms with E-state index < -0.39 is 34.6 Å². The molecule has 2 saturated heterocycles. The van der Waals surface area contributed by atoms with Crippen LogP contribution in [0, 0.1) is 5.82 Å². The zero-order valence-electron chi connectivity index (χ0n) is 21.8. The summed E-state index contributed by atoms with van der Waals surface area (Å²) in [6, 6.07) is 3.20. The number of hydrogen-bond donors (Lipinski definition) is 2. The van der Waals surface area contributed by atoms with Crippen molar-refractivity contribution in [2.45, 2.75) is 19.1 Å². The van der Waals surface area contributed by atoms with Crippen molar-refractivity contribution < 1.29 is 27.1 Å². The molecule has 0 aliphatic carbocycles. The minimum absolute atomic E-state index is 0.119. The van der Waals surface area contributed by atoms with Gasteiger partial charge in [-0.05, 0) is 26.1 Å². The lowest BCUT2D eigenvalue weighted by Gasteiger charge is -2.39. The average molecular weight is 581 g/mol. The standard InChI is InChI=1S/C26H28F4N6O3S/c1-15-14-36(4-3-34(15)2)21-11-19(27)16(22-13-32-25(40-22)35-5-7-39-8-6-35)9-20(21)33-24(38)17-12-31-23(37)10-18(17)26(28,29)30/h9-13,15H,3-8,14H2,1-2H3,(H,31,37)(H,33,38)/t15-/m1/s1. The molecule has 2 fully saturated rings. The summed E-state index contributed by atoms with van der Waals surface area (Å²) in [5.41, 5.74) is -2.42. The van der Waals surface area contributed by atoms with Crippen molar-refractivity contribution in [1.82, 2.24) is 14.9 Å². The lowest BCUT2D eigenvalue weighted by atomic mass is 10.1. The van der Waals surface area contributed by atoms with Crippen LogP contribution >= 0.6 is 11.3 Å². The number of likely N-dealkylation sites (N-methyl/N-ethyl adjacent to an activating group) is 1. The number of ether oxygens (including phenoxy) is 1. The number of nitrogens with one attached hydrogen (secondary N) is 2. The van der Waals surface area contributed by atoms with Gasteiger partial charge in [0, 0.05) is 62.8 Å². The van der Waals surface area contributed by atoms with Crippen LogP contribution in [0.4, 0.5) is 34.1 Å². The number of thiazole rings is 1. The molecule has 14 heteroatoms. The number of anilines is 3. The van der Waals surface area contributed by atoms with Crippen LogP contribution in [0.15, 0.2) is 35.4 Å². The molecule has 2 aromatic heterocycles. The molecule has 214 valence electrons. The molecule has 0 spiro atoms. The number of aromatic nitrogens is 2. The first kappa shape index (κ1) is 28.1. The van der Waals surface area contributed by atoms with Gasteiger partial charge in [-0.1, -0.05) is 11.3 Å². The Balaban J connectivity index is 1.54. The number of morpholine rings is 1. The van der Waals surface area contributed by atoms with Gasteiger partial charge in [0.15, 0.2) is 5.13 Å². The number of piperazine rings is 1. The molecule has 9 nitrogen and oxygen atoms in total. The van der Waals surface area contributed by atoms with Crippen LogP contribution in [0.5, 0.6) is 0 Å². The minimum atomic E-state index is -4.93. The number of pyridine rings is 1. The predicted octanol–water partition coefficient (Wildman–Crippen LogP) is 3.89. The van der Waals surface area contributed by atoms with E-state index in [0.29, 0.717) is 67.7 Å². The van der Waals surface area contributed by atoms with Crippen LogP contribution in [0.3, 0.4) is 0 Å². The molecule has 0 saturated carbocycles. The van der Waals surface area contributed by atoms with Gasteiger partial charge in [0.05, 0.1) is 40.6 Å². The van der Waals surface area contributed by atoms with Gasteiger partial charge < -0.3 is 29.7 Å². The van der Waals surface area contributed by atoms with Gasteiger partial charge in [0.25, 0.3) is 5.91 Å². The minimum Gasteiger partial charge on any atom is -0.378 e. The number of nitrogens with zero attached hydrogens (tertiary/aromatic N) is 4. The highest BCUT2D eigenvalue weighted by atomic mass is 32.1. The summed E-state index contributed by atoms with van der Waals surface area (Å²) < 4.78 is 62.0. The molecule has 3 aromatic rings. The Hall–Kier alpha value is -3.49. The maximum absolute atomic E-state index is 15.6. The quantitative estimate of drug-likeness (QED) is 0.443. The van der Waals surface area contributed by atoms with E-state index in [1.165, 1.54) is 23.5 Å². The van der Waals surface area contributed by atoms with Crippen molar-refractivity contribution in [1.29, 1.82) is 0 Å². The van der Waals surface area contributed by atoms with E-state index in [-0.39, 0.29) is 17.3 Å². The fraction of sp³-hybridized carbons (Fsp3) is 0.423. The third kappa shape index (κ3) is 5.83. The van der Waals surface area contributed by atoms with E-state index in [1.54, 1.807) is 6.20 Å². The average Bonchev–Trinajstić information content (AvgIpc) is 3.41. The van der Waals surface area contributed by atoms with Gasteiger partial charge in [0.2, 0.25) is 5.56 Å². The van der Waals surface area contributed by atoms with Crippen LogP contribution in [-0.4, -0.2) is 79.8 Å². The van der Waals surface area contributed by atoms with Crippen LogP contribution in [0.2, 0.25) is 0 Å². The Morgan fingerprint density at radius 3 is 2.60 bits per heavy atom. The van der Waals surface area contributed by atoms with Crippen molar-refractivity contribution in [3.63, 3.8) is 0 Å². The summed E-state index contributed by atoms with van der Waals surface area (Å²) in [5.74, 6) is -1.63. The fourth-order valence-corrected chi connectivity index (χ4v) is 5.74. The molecule has 2 aliphatic heterocycles. The normalized spacial score (nSPS) is 18.7. The van der Waals surface area contributed by atoms with Gasteiger partial charge in [0.1, 0.15) is 5.82 Å². The lowest BCUT2D eigenvalue weighted by molar-refractivity contribution is -0.138. The summed E-state index contributed by atoms with van der Waals surface area (Å²) in [7, 11) is 1.97. The Morgan fingerprint density at radius 1 is 1.15 bits per heavy atom. The first-order chi connectivity index (χ1) is 19.0. The van der Waals surface area contributed by atoms with E-state index in [9.17, 15) is 22.8 Å². The molecule has 1 aromatic carbocycles. The number of alkyl halides is 3. The molecule has 0 radical (unpaired) electrons. The zero-order chi connectivity index (χ0) is 28.6. The number of carbonyl (C=O) groups excluding carboxylic acids is 1. The summed E-state index contributed by atoms with van der Waals surface area (Å²) in [5, 5.41) is 3.26. The largest absolute Gasteiger partial charge is 0.417 e. The zero-order valence-corrected chi connectivity index (χ0v) is 22.7. The Morgan fingerprint density at radius 2 is 1.90 bits per heavy atom. The lowest BCUT2D eigenvalue weighted by Crippen LogP contribution is -2.50. The Labute approximate surface area is 231 Å². The third-order valence-corrected chi connectivity index (χ3v) is 8.24. The molecule has 40 heavy (non-hydrogen) atoms. The monoisotopic (exact) mass is 580 g/mol. The topological polar surface area (TPSA) is 93.8 Å². The van der Waals surface area contributed by atoms with Crippen molar-refractivity contribution in [2.75, 3.05) is 68.1 Å². The molecule has 1 atom stereocenters. The number of halogens is 4. The summed E-state index contributed by atoms with van der Waals surface area (Å²) in [6.07, 6.45) is -2.65. The second kappa shape index (κ2) is 11.2. The molecular weight excluding hydrogens is 552 g/mol. The number of rotatable bonds is 5. The first-order valence-corrected chi connectivity index (χ1v) is 13.5. The molecule has 2 aliphatic rings. The molecule has 4 heterocycles. The molecule has 1 amide bonds. The number of carbonyl (C=O) groups is 1. The highest BCUT2D eigenvalue weighted by molar-refractivity contribution is 7.18. The summed E-state index contributed by atoms with van der Waals surface area (Å²) >= 11 is 1.28. The van der Waals surface area contributed by atoms with Crippen molar-refractivity contribution in [3.8, 4) is 10.4 Å². The molecule has 0 bridgehead atoms. The van der Waals surface area contributed by atoms with Crippen molar-refractivity contribution in [2.24, 2.45) is 0 Å². The Bertz CT molecular complexity index is 1450. The number of hydrogen-bond acceptors (Lipinski definition) is 8. The van der Waals surface area contributed by atoms with Gasteiger partial charge in [-0.25, -0.2) is 9.37 Å². The van der Waals surface area contributed by atoms with Crippen LogP contribution in [-0.2, 0) is 10.9 Å². The van der Waals surface area contributed by atoms with E-state index in [0.717, 1.165) is 6.20 Å². The third-order valence-electron chi connectivity index (χ3n) is 7.15. The van der Waals surface area contributed by atoms with Crippen molar-refractivity contribution in [3.05, 3.63) is 57.9 Å². The summed E-state index contributed by atoms with van der Waals surface area (Å²) in [6.45, 7) is 6.15. The Kier molecular flexibility index (Phi) is 7.84. The van der Waals surface area contributed by atoms with Crippen molar-refractivity contribution >= 4 is 33.8 Å². The molecular formula is C26H28F4N6O3S. The van der Waals surface area contributed by atoms with Gasteiger partial charge in [-0.15, -0.1) is 0 Å². The highest BCUT2D eigenvalue weighted by Gasteiger charge is 2.36. The highest BCUT2D eigenvalue weighted by Crippen LogP contribution is 2.39. The van der Waals surface area contributed by atoms with E-state index in [2.05, 4.69) is 20.2 Å². The fourth-order valence-electron chi connectivity index (χ4n) is 4.75. The van der Waals surface area contributed by atoms with E-state index >= 15 is 4.39 Å². The van der Waals surface area contributed by atoms with E-state index in [4.69, 9.17) is 4.74 Å². The second-order valence-electron chi connectivity index (χ2n) is 9.81. The maximum atomic E-state index is 15.6. The second-order valence-corrected chi connectivity index (χ2v) is 10.8. The van der Waals surface area contributed by atoms with Gasteiger partial charge in [-0.3, -0.25) is 9.59 Å². The number of amides is 1. The summed E-state index contributed by atoms with van der Waals surface area (Å²) in [4.78, 5) is 37.9. The smallest absolute Gasteiger partial charge is 0.378 e.